The molecule has 2 aromatic carbocycles. The summed E-state index contributed by atoms with van der Waals surface area (Å²) in [4.78, 5) is 0. The van der Waals surface area contributed by atoms with Gasteiger partial charge in [0.1, 0.15) is 0 Å². The summed E-state index contributed by atoms with van der Waals surface area (Å²) in [6, 6.07) is 17.4. The molecule has 0 saturated carbocycles. The molecule has 0 fully saturated rings. The van der Waals surface area contributed by atoms with Crippen molar-refractivity contribution >= 4 is 31.9 Å². The first-order chi connectivity index (χ1) is 9.08. The summed E-state index contributed by atoms with van der Waals surface area (Å²) < 4.78 is 2.27. The second kappa shape index (κ2) is 6.69. The first-order valence-electron chi connectivity index (χ1n) is 6.34. The Labute approximate surface area is 131 Å². The average molecular weight is 383 g/mol. The molecule has 0 aliphatic rings. The van der Waals surface area contributed by atoms with Crippen molar-refractivity contribution in [2.45, 2.75) is 25.9 Å². The number of rotatable bonds is 4. The Morgan fingerprint density at radius 3 is 2.32 bits per heavy atom. The van der Waals surface area contributed by atoms with E-state index in [1.54, 1.807) is 0 Å². The second-order valence-electron chi connectivity index (χ2n) is 4.69. The molecule has 3 heteroatoms. The minimum atomic E-state index is 0.296. The highest BCUT2D eigenvalue weighted by Crippen LogP contribution is 2.26. The third-order valence-corrected chi connectivity index (χ3v) is 4.44. The normalized spacial score (nSPS) is 14.1. The van der Waals surface area contributed by atoms with E-state index in [4.69, 9.17) is 0 Å². The molecule has 19 heavy (non-hydrogen) atoms. The summed E-state index contributed by atoms with van der Waals surface area (Å²) in [7, 11) is 0. The van der Waals surface area contributed by atoms with Crippen LogP contribution in [0.4, 0.5) is 0 Å². The number of benzene rings is 2. The van der Waals surface area contributed by atoms with E-state index >= 15 is 0 Å². The molecule has 2 rings (SSSR count). The number of halogens is 2. The second-order valence-corrected chi connectivity index (χ2v) is 6.46. The van der Waals surface area contributed by atoms with Gasteiger partial charge in [-0.25, -0.2) is 0 Å². The third-order valence-electron chi connectivity index (χ3n) is 3.22. The summed E-state index contributed by atoms with van der Waals surface area (Å²) >= 11 is 7.13. The lowest BCUT2D eigenvalue weighted by molar-refractivity contribution is 0.493. The van der Waals surface area contributed by atoms with Crippen molar-refractivity contribution < 1.29 is 0 Å². The fraction of sp³-hybridized carbons (Fsp3) is 0.250. The monoisotopic (exact) mass is 381 g/mol. The molecule has 0 spiro atoms. The van der Waals surface area contributed by atoms with Gasteiger partial charge in [-0.1, -0.05) is 62.2 Å². The smallest absolute Gasteiger partial charge is 0.0308 e. The Morgan fingerprint density at radius 2 is 1.63 bits per heavy atom. The van der Waals surface area contributed by atoms with Crippen molar-refractivity contribution in [3.63, 3.8) is 0 Å². The van der Waals surface area contributed by atoms with Crippen LogP contribution in [0.5, 0.6) is 0 Å². The molecule has 0 radical (unpaired) electrons. The van der Waals surface area contributed by atoms with E-state index in [0.717, 1.165) is 8.95 Å². The van der Waals surface area contributed by atoms with Crippen LogP contribution >= 0.6 is 31.9 Å². The molecular weight excluding hydrogens is 366 g/mol. The predicted molar refractivity (Wildman–Crippen MR) is 88.2 cm³/mol. The molecule has 0 aliphatic heterocycles. The van der Waals surface area contributed by atoms with E-state index in [9.17, 15) is 0 Å². The van der Waals surface area contributed by atoms with Crippen molar-refractivity contribution in [1.29, 1.82) is 0 Å². The molecule has 0 heterocycles. The van der Waals surface area contributed by atoms with E-state index in [-0.39, 0.29) is 0 Å². The van der Waals surface area contributed by atoms with E-state index in [2.05, 4.69) is 87.4 Å². The van der Waals surface area contributed by atoms with Gasteiger partial charge in [0, 0.05) is 21.0 Å². The SMILES string of the molecule is CC(N[C@@H](C)c1cccc(Br)c1)c1ccccc1Br. The topological polar surface area (TPSA) is 12.0 Å². The van der Waals surface area contributed by atoms with Crippen LogP contribution in [0.25, 0.3) is 0 Å². The van der Waals surface area contributed by atoms with E-state index in [1.807, 2.05) is 12.1 Å². The van der Waals surface area contributed by atoms with Gasteiger partial charge in [0.2, 0.25) is 0 Å². The van der Waals surface area contributed by atoms with Crippen molar-refractivity contribution in [1.82, 2.24) is 5.32 Å². The molecule has 0 saturated heterocycles. The van der Waals surface area contributed by atoms with Crippen molar-refractivity contribution in [2.24, 2.45) is 0 Å². The summed E-state index contributed by atoms with van der Waals surface area (Å²) in [5.74, 6) is 0. The molecule has 1 nitrogen and oxygen atoms in total. The Kier molecular flexibility index (Phi) is 5.20. The van der Waals surface area contributed by atoms with Gasteiger partial charge in [-0.3, -0.25) is 0 Å². The third kappa shape index (κ3) is 3.91. The van der Waals surface area contributed by atoms with E-state index in [0.29, 0.717) is 12.1 Å². The number of hydrogen-bond donors (Lipinski definition) is 1. The van der Waals surface area contributed by atoms with Crippen LogP contribution in [-0.2, 0) is 0 Å². The van der Waals surface area contributed by atoms with E-state index in [1.165, 1.54) is 11.1 Å². The van der Waals surface area contributed by atoms with Gasteiger partial charge in [-0.15, -0.1) is 0 Å². The highest BCUT2D eigenvalue weighted by molar-refractivity contribution is 9.10. The highest BCUT2D eigenvalue weighted by atomic mass is 79.9. The van der Waals surface area contributed by atoms with Gasteiger partial charge < -0.3 is 5.32 Å². The van der Waals surface area contributed by atoms with Crippen molar-refractivity contribution in [2.75, 3.05) is 0 Å². The molecular formula is C16H17Br2N. The van der Waals surface area contributed by atoms with Crippen LogP contribution < -0.4 is 5.32 Å². The first-order valence-corrected chi connectivity index (χ1v) is 7.92. The van der Waals surface area contributed by atoms with Gasteiger partial charge in [0.05, 0.1) is 0 Å². The van der Waals surface area contributed by atoms with Crippen LogP contribution in [0.2, 0.25) is 0 Å². The summed E-state index contributed by atoms with van der Waals surface area (Å²) in [5.41, 5.74) is 2.57. The maximum Gasteiger partial charge on any atom is 0.0308 e. The van der Waals surface area contributed by atoms with Gasteiger partial charge >= 0.3 is 0 Å². The molecule has 0 amide bonds. The zero-order chi connectivity index (χ0) is 13.8. The first kappa shape index (κ1) is 14.8. The molecule has 2 atom stereocenters. The van der Waals surface area contributed by atoms with Crippen LogP contribution in [0.1, 0.15) is 37.1 Å². The quantitative estimate of drug-likeness (QED) is 0.723. The van der Waals surface area contributed by atoms with Crippen molar-refractivity contribution in [3.05, 3.63) is 68.6 Å². The number of nitrogens with one attached hydrogen (secondary N) is 1. The fourth-order valence-electron chi connectivity index (χ4n) is 2.16. The summed E-state index contributed by atoms with van der Waals surface area (Å²) in [6.45, 7) is 4.38. The molecule has 1 unspecified atom stereocenters. The fourth-order valence-corrected chi connectivity index (χ4v) is 3.21. The molecule has 100 valence electrons. The van der Waals surface area contributed by atoms with Gasteiger partial charge in [-0.05, 0) is 43.2 Å². The zero-order valence-corrected chi connectivity index (χ0v) is 14.2. The van der Waals surface area contributed by atoms with E-state index < -0.39 is 0 Å². The molecule has 0 aliphatic carbocycles. The zero-order valence-electron chi connectivity index (χ0n) is 11.0. The molecule has 0 aromatic heterocycles. The van der Waals surface area contributed by atoms with Crippen molar-refractivity contribution in [3.8, 4) is 0 Å². The largest absolute Gasteiger partial charge is 0.304 e. The Bertz CT molecular complexity index is 554. The Balaban J connectivity index is 2.11. The van der Waals surface area contributed by atoms with Crippen LogP contribution in [0.3, 0.4) is 0 Å². The Hall–Kier alpha value is -0.640. The lowest BCUT2D eigenvalue weighted by Crippen LogP contribution is -2.22. The van der Waals surface area contributed by atoms with Crippen LogP contribution in [-0.4, -0.2) is 0 Å². The maximum absolute atomic E-state index is 3.63. The molecule has 1 N–H and O–H groups in total. The predicted octanol–water partition coefficient (Wildman–Crippen LogP) is 5.62. The number of hydrogen-bond acceptors (Lipinski definition) is 1. The van der Waals surface area contributed by atoms with Gasteiger partial charge in [-0.2, -0.15) is 0 Å². The Morgan fingerprint density at radius 1 is 0.895 bits per heavy atom. The van der Waals surface area contributed by atoms with Gasteiger partial charge in [0.25, 0.3) is 0 Å². The average Bonchev–Trinajstić information content (AvgIpc) is 2.39. The minimum absolute atomic E-state index is 0.296. The lowest BCUT2D eigenvalue weighted by atomic mass is 10.0. The molecule has 0 bridgehead atoms. The highest BCUT2D eigenvalue weighted by Gasteiger charge is 2.13. The standard InChI is InChI=1S/C16H17Br2N/c1-11(13-6-5-7-14(17)10-13)19-12(2)15-8-3-4-9-16(15)18/h3-12,19H,1-2H3/t11-,12?/m0/s1. The lowest BCUT2D eigenvalue weighted by Gasteiger charge is -2.22. The van der Waals surface area contributed by atoms with Crippen LogP contribution in [0, 0.1) is 0 Å². The minimum Gasteiger partial charge on any atom is -0.304 e. The van der Waals surface area contributed by atoms with Crippen LogP contribution in [0.15, 0.2) is 57.5 Å². The summed E-state index contributed by atoms with van der Waals surface area (Å²) in [5, 5.41) is 3.63. The maximum atomic E-state index is 3.63. The summed E-state index contributed by atoms with van der Waals surface area (Å²) in [6.07, 6.45) is 0. The van der Waals surface area contributed by atoms with Gasteiger partial charge in [0.15, 0.2) is 0 Å². The molecule has 2 aromatic rings.